The maximum atomic E-state index is 12.0. The number of nitrogens with zero attached hydrogens (tertiary/aromatic N) is 1. The molecule has 0 spiro atoms. The highest BCUT2D eigenvalue weighted by Gasteiger charge is 2.22. The second kappa shape index (κ2) is 7.38. The van der Waals surface area contributed by atoms with Crippen molar-refractivity contribution in [2.45, 2.75) is 19.8 Å². The van der Waals surface area contributed by atoms with Crippen LogP contribution in [0.1, 0.15) is 28.8 Å². The molecule has 2 rings (SSSR count). The van der Waals surface area contributed by atoms with Crippen molar-refractivity contribution in [2.75, 3.05) is 19.6 Å². The fraction of sp³-hybridized carbons (Fsp3) is 0.353. The second-order valence-corrected chi connectivity index (χ2v) is 6.02. The molecule has 0 radical (unpaired) electrons. The Morgan fingerprint density at radius 2 is 2.00 bits per heavy atom. The van der Waals surface area contributed by atoms with Crippen LogP contribution in [0.15, 0.2) is 41.8 Å². The quantitative estimate of drug-likeness (QED) is 0.891. The van der Waals surface area contributed by atoms with Crippen LogP contribution >= 0.6 is 11.3 Å². The van der Waals surface area contributed by atoms with Gasteiger partial charge in [0.05, 0.1) is 6.54 Å². The Hall–Kier alpha value is -1.65. The Morgan fingerprint density at radius 1 is 1.29 bits per heavy atom. The first-order valence-electron chi connectivity index (χ1n) is 7.24. The molecule has 4 heteroatoms. The van der Waals surface area contributed by atoms with Crippen LogP contribution in [0.5, 0.6) is 0 Å². The highest BCUT2D eigenvalue weighted by atomic mass is 32.1. The van der Waals surface area contributed by atoms with Gasteiger partial charge in [0.1, 0.15) is 0 Å². The number of benzene rings is 1. The van der Waals surface area contributed by atoms with Crippen molar-refractivity contribution in [1.82, 2.24) is 4.90 Å². The Bertz CT molecular complexity index is 579. The number of hydrogen-bond donors (Lipinski definition) is 1. The van der Waals surface area contributed by atoms with Crippen molar-refractivity contribution < 1.29 is 4.79 Å². The van der Waals surface area contributed by atoms with Crippen molar-refractivity contribution in [3.05, 3.63) is 57.8 Å². The van der Waals surface area contributed by atoms with Gasteiger partial charge in [-0.25, -0.2) is 0 Å². The van der Waals surface area contributed by atoms with Crippen LogP contribution in [0.4, 0.5) is 0 Å². The number of hydrogen-bond acceptors (Lipinski definition) is 3. The first-order valence-corrected chi connectivity index (χ1v) is 8.12. The Kier molecular flexibility index (Phi) is 5.53. The molecule has 1 aromatic heterocycles. The van der Waals surface area contributed by atoms with Gasteiger partial charge in [0.25, 0.3) is 0 Å². The SMILES string of the molecule is CCN(CC(c1ccccc1)c1sccc1C)C(=O)CN. The summed E-state index contributed by atoms with van der Waals surface area (Å²) in [4.78, 5) is 15.1. The van der Waals surface area contributed by atoms with E-state index in [4.69, 9.17) is 5.73 Å². The molecule has 0 aliphatic carbocycles. The van der Waals surface area contributed by atoms with Gasteiger partial charge >= 0.3 is 0 Å². The number of likely N-dealkylation sites (N-methyl/N-ethyl adjacent to an activating group) is 1. The van der Waals surface area contributed by atoms with Gasteiger partial charge in [0.15, 0.2) is 0 Å². The molecule has 1 aromatic carbocycles. The van der Waals surface area contributed by atoms with E-state index in [-0.39, 0.29) is 18.4 Å². The normalized spacial score (nSPS) is 12.1. The lowest BCUT2D eigenvalue weighted by molar-refractivity contribution is -0.129. The number of amides is 1. The molecule has 0 saturated heterocycles. The van der Waals surface area contributed by atoms with Crippen LogP contribution in [0.2, 0.25) is 0 Å². The molecule has 3 nitrogen and oxygen atoms in total. The summed E-state index contributed by atoms with van der Waals surface area (Å²) in [5, 5.41) is 2.11. The molecule has 2 N–H and O–H groups in total. The summed E-state index contributed by atoms with van der Waals surface area (Å²) in [5.74, 6) is 0.217. The van der Waals surface area contributed by atoms with Crippen LogP contribution in [0.25, 0.3) is 0 Å². The van der Waals surface area contributed by atoms with Crippen LogP contribution in [-0.2, 0) is 4.79 Å². The minimum atomic E-state index is 0.00707. The summed E-state index contributed by atoms with van der Waals surface area (Å²) in [6, 6.07) is 12.5. The first kappa shape index (κ1) is 15.7. The summed E-state index contributed by atoms with van der Waals surface area (Å²) in [6.07, 6.45) is 0. The van der Waals surface area contributed by atoms with Gasteiger partial charge in [-0.15, -0.1) is 11.3 Å². The minimum Gasteiger partial charge on any atom is -0.341 e. The van der Waals surface area contributed by atoms with E-state index in [2.05, 4.69) is 30.5 Å². The van der Waals surface area contributed by atoms with Gasteiger partial charge in [0, 0.05) is 23.9 Å². The Balaban J connectivity index is 2.33. The van der Waals surface area contributed by atoms with Crippen molar-refractivity contribution in [3.63, 3.8) is 0 Å². The zero-order valence-corrected chi connectivity index (χ0v) is 13.4. The summed E-state index contributed by atoms with van der Waals surface area (Å²) in [5.41, 5.74) is 8.05. The average Bonchev–Trinajstić information content (AvgIpc) is 2.94. The molecule has 112 valence electrons. The van der Waals surface area contributed by atoms with Gasteiger partial charge in [-0.3, -0.25) is 4.79 Å². The maximum Gasteiger partial charge on any atom is 0.236 e. The molecule has 0 saturated carbocycles. The fourth-order valence-electron chi connectivity index (χ4n) is 2.52. The van der Waals surface area contributed by atoms with Crippen molar-refractivity contribution in [3.8, 4) is 0 Å². The monoisotopic (exact) mass is 302 g/mol. The summed E-state index contributed by atoms with van der Waals surface area (Å²) in [6.45, 7) is 5.56. The highest BCUT2D eigenvalue weighted by Crippen LogP contribution is 2.32. The minimum absolute atomic E-state index is 0.00707. The van der Waals surface area contributed by atoms with Gasteiger partial charge in [0.2, 0.25) is 5.91 Å². The molecule has 1 atom stereocenters. The third-order valence-electron chi connectivity index (χ3n) is 3.73. The number of thiophene rings is 1. The molecule has 0 bridgehead atoms. The van der Waals surface area contributed by atoms with E-state index >= 15 is 0 Å². The number of nitrogens with two attached hydrogens (primary N) is 1. The lowest BCUT2D eigenvalue weighted by Crippen LogP contribution is -2.38. The van der Waals surface area contributed by atoms with Crippen molar-refractivity contribution in [1.29, 1.82) is 0 Å². The van der Waals surface area contributed by atoms with Gasteiger partial charge in [-0.05, 0) is 36.4 Å². The number of aryl methyl sites for hydroxylation is 1. The molecular formula is C17H22N2OS. The smallest absolute Gasteiger partial charge is 0.236 e. The summed E-state index contributed by atoms with van der Waals surface area (Å²) < 4.78 is 0. The van der Waals surface area contributed by atoms with E-state index in [0.29, 0.717) is 13.1 Å². The van der Waals surface area contributed by atoms with E-state index in [1.165, 1.54) is 16.0 Å². The summed E-state index contributed by atoms with van der Waals surface area (Å²) in [7, 11) is 0. The molecule has 1 heterocycles. The predicted molar refractivity (Wildman–Crippen MR) is 88.6 cm³/mol. The van der Waals surface area contributed by atoms with Gasteiger partial charge in [-0.2, -0.15) is 0 Å². The van der Waals surface area contributed by atoms with Gasteiger partial charge < -0.3 is 10.6 Å². The molecule has 0 aliphatic heterocycles. The molecule has 2 aromatic rings. The fourth-order valence-corrected chi connectivity index (χ4v) is 3.57. The van der Waals surface area contributed by atoms with Crippen LogP contribution in [0.3, 0.4) is 0 Å². The molecular weight excluding hydrogens is 280 g/mol. The van der Waals surface area contributed by atoms with Gasteiger partial charge in [-0.1, -0.05) is 30.3 Å². The van der Waals surface area contributed by atoms with E-state index in [1.54, 1.807) is 11.3 Å². The predicted octanol–water partition coefficient (Wildman–Crippen LogP) is 3.00. The molecule has 0 aliphatic rings. The zero-order valence-electron chi connectivity index (χ0n) is 12.6. The zero-order chi connectivity index (χ0) is 15.2. The van der Waals surface area contributed by atoms with E-state index in [9.17, 15) is 4.79 Å². The third kappa shape index (κ3) is 3.71. The number of rotatable bonds is 6. The van der Waals surface area contributed by atoms with Crippen LogP contribution in [0, 0.1) is 6.92 Å². The van der Waals surface area contributed by atoms with Crippen molar-refractivity contribution >= 4 is 17.2 Å². The Labute approximate surface area is 130 Å². The molecule has 21 heavy (non-hydrogen) atoms. The van der Waals surface area contributed by atoms with Crippen LogP contribution in [-0.4, -0.2) is 30.4 Å². The molecule has 1 unspecified atom stereocenters. The lowest BCUT2D eigenvalue weighted by atomic mass is 9.94. The largest absolute Gasteiger partial charge is 0.341 e. The lowest BCUT2D eigenvalue weighted by Gasteiger charge is -2.27. The number of carbonyl (C=O) groups is 1. The highest BCUT2D eigenvalue weighted by molar-refractivity contribution is 7.10. The van der Waals surface area contributed by atoms with E-state index in [0.717, 1.165) is 0 Å². The molecule has 1 amide bonds. The van der Waals surface area contributed by atoms with Crippen LogP contribution < -0.4 is 5.73 Å². The maximum absolute atomic E-state index is 12.0. The first-order chi connectivity index (χ1) is 10.2. The molecule has 0 fully saturated rings. The average molecular weight is 302 g/mol. The number of carbonyl (C=O) groups excluding carboxylic acids is 1. The third-order valence-corrected chi connectivity index (χ3v) is 4.86. The summed E-state index contributed by atoms with van der Waals surface area (Å²) >= 11 is 1.76. The topological polar surface area (TPSA) is 46.3 Å². The van der Waals surface area contributed by atoms with E-state index < -0.39 is 0 Å². The van der Waals surface area contributed by atoms with E-state index in [1.807, 2.05) is 30.0 Å². The standard InChI is InChI=1S/C17H22N2OS/c1-3-19(16(20)11-18)12-15(14-7-5-4-6-8-14)17-13(2)9-10-21-17/h4-10,15H,3,11-12,18H2,1-2H3. The second-order valence-electron chi connectivity index (χ2n) is 5.07. The van der Waals surface area contributed by atoms with Crippen molar-refractivity contribution in [2.24, 2.45) is 5.73 Å². The Morgan fingerprint density at radius 3 is 2.52 bits per heavy atom.